The number of carbonyl (C=O) groups is 1. The molecule has 2 aliphatic heterocycles. The van der Waals surface area contributed by atoms with Crippen molar-refractivity contribution in [3.05, 3.63) is 23.9 Å². The molecule has 1 aromatic rings. The van der Waals surface area contributed by atoms with Gasteiger partial charge in [-0.05, 0) is 50.8 Å². The first-order valence-electron chi connectivity index (χ1n) is 11.4. The summed E-state index contributed by atoms with van der Waals surface area (Å²) in [6.45, 7) is 9.33. The topological polar surface area (TPSA) is 117 Å². The highest BCUT2D eigenvalue weighted by Crippen LogP contribution is 2.46. The Balaban J connectivity index is 0.000000489. The highest BCUT2D eigenvalue weighted by atomic mass is 32.2. The van der Waals surface area contributed by atoms with Crippen LogP contribution in [-0.2, 0) is 9.53 Å². The first-order valence-corrected chi connectivity index (χ1v) is 12.3. The predicted octanol–water partition coefficient (Wildman–Crippen LogP) is 2.14. The van der Waals surface area contributed by atoms with E-state index < -0.39 is 0 Å². The number of ether oxygens (including phenoxy) is 1. The fraction of sp³-hybridized carbons (Fsp3) is 0.652. The van der Waals surface area contributed by atoms with Gasteiger partial charge in [0.2, 0.25) is 0 Å². The second-order valence-electron chi connectivity index (χ2n) is 8.58. The first kappa shape index (κ1) is 27.2. The van der Waals surface area contributed by atoms with Gasteiger partial charge in [-0.3, -0.25) is 15.1 Å². The molecule has 0 aromatic carbocycles. The van der Waals surface area contributed by atoms with Crippen LogP contribution in [0.4, 0.5) is 5.82 Å². The second-order valence-corrected chi connectivity index (χ2v) is 9.46. The average Bonchev–Trinajstić information content (AvgIpc) is 3.27. The van der Waals surface area contributed by atoms with Gasteiger partial charge in [0.05, 0.1) is 12.2 Å². The quantitative estimate of drug-likeness (QED) is 0.323. The van der Waals surface area contributed by atoms with Crippen LogP contribution in [-0.4, -0.2) is 103 Å². The van der Waals surface area contributed by atoms with Gasteiger partial charge in [0, 0.05) is 64.2 Å². The Morgan fingerprint density at radius 1 is 1.33 bits per heavy atom. The minimum Gasteiger partial charge on any atom is -0.468 e. The molecular formula is C23H38N6O3S. The summed E-state index contributed by atoms with van der Waals surface area (Å²) in [5.74, 6) is 0.898. The number of hydrogen-bond acceptors (Lipinski definition) is 10. The Bertz CT molecular complexity index is 766. The Morgan fingerprint density at radius 3 is 2.58 bits per heavy atom. The largest absolute Gasteiger partial charge is 0.468 e. The van der Waals surface area contributed by atoms with E-state index >= 15 is 0 Å². The lowest BCUT2D eigenvalue weighted by Crippen LogP contribution is -2.54. The maximum absolute atomic E-state index is 9.18. The molecule has 0 amide bonds. The smallest absolute Gasteiger partial charge is 0.293 e. The van der Waals surface area contributed by atoms with E-state index in [-0.39, 0.29) is 0 Å². The standard InChI is InChI=1S/C19H28N6S.C3H6O2.CH4O/c1-23-12-19(13-23)5-4-15(11-19)24-7-9-25(10-8-24)18-16(3-2-6-22-18)17(21)26-14-20;1-2-5-3-4;1-2/h2-3,6,14-15,20-21H,4-5,7-13H2,1H3;3H,2H2,1H3;2H,1H3. The molecule has 3 fully saturated rings. The molecule has 10 heteroatoms. The molecule has 1 saturated carbocycles. The van der Waals surface area contributed by atoms with E-state index in [1.165, 1.54) is 37.9 Å². The molecule has 2 saturated heterocycles. The summed E-state index contributed by atoms with van der Waals surface area (Å²) < 4.78 is 4.15. The van der Waals surface area contributed by atoms with Gasteiger partial charge in [-0.1, -0.05) is 11.8 Å². The molecule has 0 bridgehead atoms. The van der Waals surface area contributed by atoms with E-state index in [1.807, 2.05) is 12.1 Å². The lowest BCUT2D eigenvalue weighted by atomic mass is 9.78. The molecule has 9 nitrogen and oxygen atoms in total. The molecule has 0 radical (unpaired) electrons. The van der Waals surface area contributed by atoms with Crippen LogP contribution in [0.2, 0.25) is 0 Å². The maximum Gasteiger partial charge on any atom is 0.293 e. The number of aliphatic hydroxyl groups excluding tert-OH is 1. The molecule has 1 aromatic heterocycles. The van der Waals surface area contributed by atoms with E-state index in [4.69, 9.17) is 15.9 Å². The van der Waals surface area contributed by atoms with Crippen LogP contribution in [0, 0.1) is 16.2 Å². The van der Waals surface area contributed by atoms with Gasteiger partial charge in [0.25, 0.3) is 6.47 Å². The van der Waals surface area contributed by atoms with E-state index in [2.05, 4.69) is 31.5 Å². The summed E-state index contributed by atoms with van der Waals surface area (Å²) in [5, 5.41) is 22.8. The van der Waals surface area contributed by atoms with Crippen LogP contribution in [0.5, 0.6) is 0 Å². The van der Waals surface area contributed by atoms with Gasteiger partial charge < -0.3 is 25.1 Å². The van der Waals surface area contributed by atoms with Crippen LogP contribution in [0.3, 0.4) is 0 Å². The third kappa shape index (κ3) is 7.23. The number of aliphatic hydroxyl groups is 1. The number of rotatable bonds is 6. The molecule has 1 atom stereocenters. The minimum absolute atomic E-state index is 0.400. The number of nitrogens with one attached hydrogen (secondary N) is 2. The molecule has 1 unspecified atom stereocenters. The van der Waals surface area contributed by atoms with Gasteiger partial charge in [-0.25, -0.2) is 4.98 Å². The molecule has 4 rings (SSSR count). The van der Waals surface area contributed by atoms with Gasteiger partial charge >= 0.3 is 0 Å². The number of anilines is 1. The van der Waals surface area contributed by atoms with Crippen molar-refractivity contribution in [2.75, 3.05) is 64.9 Å². The summed E-state index contributed by atoms with van der Waals surface area (Å²) >= 11 is 1.14. The number of carbonyl (C=O) groups excluding carboxylic acids is 1. The van der Waals surface area contributed by atoms with Crippen molar-refractivity contribution in [3.63, 3.8) is 0 Å². The van der Waals surface area contributed by atoms with Gasteiger partial charge in [0.15, 0.2) is 0 Å². The highest BCUT2D eigenvalue weighted by molar-refractivity contribution is 8.25. The van der Waals surface area contributed by atoms with Crippen molar-refractivity contribution < 1.29 is 14.6 Å². The zero-order chi connectivity index (χ0) is 24.3. The van der Waals surface area contributed by atoms with E-state index in [9.17, 15) is 4.79 Å². The Labute approximate surface area is 201 Å². The normalized spacial score (nSPS) is 21.7. The zero-order valence-electron chi connectivity index (χ0n) is 20.0. The van der Waals surface area contributed by atoms with Crippen molar-refractivity contribution in [2.45, 2.75) is 32.2 Å². The fourth-order valence-corrected chi connectivity index (χ4v) is 5.59. The van der Waals surface area contributed by atoms with Crippen molar-refractivity contribution in [3.8, 4) is 0 Å². The van der Waals surface area contributed by atoms with E-state index in [0.29, 0.717) is 23.5 Å². The van der Waals surface area contributed by atoms with Crippen LogP contribution in [0.15, 0.2) is 18.3 Å². The molecule has 3 heterocycles. The number of aromatic nitrogens is 1. The average molecular weight is 479 g/mol. The van der Waals surface area contributed by atoms with Gasteiger partial charge in [-0.2, -0.15) is 0 Å². The monoisotopic (exact) mass is 478 g/mol. The van der Waals surface area contributed by atoms with E-state index in [0.717, 1.165) is 62.5 Å². The van der Waals surface area contributed by atoms with Gasteiger partial charge in [-0.15, -0.1) is 0 Å². The van der Waals surface area contributed by atoms with Crippen LogP contribution < -0.4 is 4.90 Å². The third-order valence-corrected chi connectivity index (χ3v) is 7.03. The van der Waals surface area contributed by atoms with Crippen molar-refractivity contribution in [2.24, 2.45) is 5.41 Å². The maximum atomic E-state index is 9.18. The fourth-order valence-electron chi connectivity index (χ4n) is 5.19. The highest BCUT2D eigenvalue weighted by Gasteiger charge is 2.48. The van der Waals surface area contributed by atoms with Crippen LogP contribution in [0.25, 0.3) is 0 Å². The van der Waals surface area contributed by atoms with E-state index in [1.54, 1.807) is 13.1 Å². The number of hydrogen-bond donors (Lipinski definition) is 3. The molecular weight excluding hydrogens is 440 g/mol. The molecule has 3 aliphatic rings. The number of thioether (sulfide) groups is 1. The molecule has 33 heavy (non-hydrogen) atoms. The Kier molecular flexibility index (Phi) is 11.3. The summed E-state index contributed by atoms with van der Waals surface area (Å²) in [6, 6.07) is 4.57. The second kappa shape index (κ2) is 13.6. The number of piperazine rings is 1. The van der Waals surface area contributed by atoms with Crippen LogP contribution >= 0.6 is 11.8 Å². The molecule has 184 valence electrons. The predicted molar refractivity (Wildman–Crippen MR) is 135 cm³/mol. The minimum atomic E-state index is 0.400. The summed E-state index contributed by atoms with van der Waals surface area (Å²) in [4.78, 5) is 21.2. The number of nitrogens with zero attached hydrogens (tertiary/aromatic N) is 4. The van der Waals surface area contributed by atoms with Crippen molar-refractivity contribution in [1.29, 1.82) is 10.8 Å². The van der Waals surface area contributed by atoms with Crippen molar-refractivity contribution in [1.82, 2.24) is 14.8 Å². The van der Waals surface area contributed by atoms with Crippen molar-refractivity contribution >= 4 is 34.6 Å². The number of likely N-dealkylation sites (tertiary alicyclic amines) is 1. The third-order valence-electron chi connectivity index (χ3n) is 6.46. The molecule has 1 spiro atoms. The first-order chi connectivity index (χ1) is 16.0. The summed E-state index contributed by atoms with van der Waals surface area (Å²) in [7, 11) is 3.23. The lowest BCUT2D eigenvalue weighted by molar-refractivity contribution is -0.128. The Hall–Kier alpha value is -2.01. The molecule has 1 aliphatic carbocycles. The summed E-state index contributed by atoms with van der Waals surface area (Å²) in [5.41, 5.74) is 2.67. The molecule has 3 N–H and O–H groups in total. The summed E-state index contributed by atoms with van der Waals surface area (Å²) in [6.07, 6.45) is 5.92. The van der Waals surface area contributed by atoms with Crippen LogP contribution in [0.1, 0.15) is 31.7 Å². The van der Waals surface area contributed by atoms with Gasteiger partial charge in [0.1, 0.15) is 10.9 Å². The lowest BCUT2D eigenvalue weighted by Gasteiger charge is -2.47. The zero-order valence-corrected chi connectivity index (χ0v) is 20.8. The SMILES string of the molecule is CCOC=O.CN1CC2(CCC(N3CCN(c4ncccc4C(=N)SC=N)CC3)C2)C1.CO. The number of pyridine rings is 1. The Morgan fingerprint density at radius 2 is 2.03 bits per heavy atom.